The topological polar surface area (TPSA) is 106 Å². The first kappa shape index (κ1) is 22.0. The number of aryl methyl sites for hydroxylation is 1. The van der Waals surface area contributed by atoms with E-state index in [1.165, 1.54) is 0 Å². The molecule has 0 bridgehead atoms. The standard InChI is InChI=1S/C26H26N6O2/c1-16-4-3-5-19(30-16)14-29-25(33)12-24-31-23-15-28-22-7-6-18(13-27)11-21(22)26(23)32(24)20-8-9-34-17(2)10-20/h3-7,11,15,17,20H,8-10,12,14H2,1-2H3,(H,29,33)/t17-,20-/m1/s1. The van der Waals surface area contributed by atoms with E-state index in [4.69, 9.17) is 9.72 Å². The Hall–Kier alpha value is -3.83. The minimum Gasteiger partial charge on any atom is -0.378 e. The van der Waals surface area contributed by atoms with Crippen LogP contribution in [0, 0.1) is 18.3 Å². The number of fused-ring (bicyclic) bond motifs is 3. The molecule has 1 aliphatic heterocycles. The maximum absolute atomic E-state index is 12.9. The highest BCUT2D eigenvalue weighted by Gasteiger charge is 2.27. The van der Waals surface area contributed by atoms with Crippen molar-refractivity contribution in [1.82, 2.24) is 24.8 Å². The SMILES string of the molecule is Cc1cccc(CNC(=O)Cc2nc3cnc4ccc(C#N)cc4c3n2[C@@H]2CCO[C@H](C)C2)n1. The second-order valence-corrected chi connectivity index (χ2v) is 8.82. The average molecular weight is 455 g/mol. The van der Waals surface area contributed by atoms with E-state index in [0.29, 0.717) is 24.5 Å². The summed E-state index contributed by atoms with van der Waals surface area (Å²) in [5.74, 6) is 0.579. The zero-order valence-corrected chi connectivity index (χ0v) is 19.3. The molecule has 4 aromatic rings. The van der Waals surface area contributed by atoms with Gasteiger partial charge in [0.1, 0.15) is 11.3 Å². The quantitative estimate of drug-likeness (QED) is 0.492. The molecule has 0 unspecified atom stereocenters. The van der Waals surface area contributed by atoms with Crippen LogP contribution in [-0.4, -0.2) is 38.1 Å². The van der Waals surface area contributed by atoms with Crippen LogP contribution in [0.4, 0.5) is 0 Å². The van der Waals surface area contributed by atoms with Gasteiger partial charge in [0.25, 0.3) is 0 Å². The van der Waals surface area contributed by atoms with Crippen LogP contribution in [0.3, 0.4) is 0 Å². The van der Waals surface area contributed by atoms with Crippen molar-refractivity contribution in [3.05, 3.63) is 65.4 Å². The lowest BCUT2D eigenvalue weighted by molar-refractivity contribution is -0.120. The summed E-state index contributed by atoms with van der Waals surface area (Å²) in [5.41, 5.74) is 4.75. The van der Waals surface area contributed by atoms with Crippen LogP contribution in [-0.2, 0) is 22.5 Å². The molecule has 0 radical (unpaired) electrons. The van der Waals surface area contributed by atoms with Crippen molar-refractivity contribution < 1.29 is 9.53 Å². The molecular formula is C26H26N6O2. The Balaban J connectivity index is 1.53. The molecule has 8 heteroatoms. The average Bonchev–Trinajstić information content (AvgIpc) is 3.20. The molecule has 2 atom stereocenters. The maximum Gasteiger partial charge on any atom is 0.227 e. The van der Waals surface area contributed by atoms with E-state index < -0.39 is 0 Å². The van der Waals surface area contributed by atoms with Crippen molar-refractivity contribution in [3.8, 4) is 6.07 Å². The molecule has 0 spiro atoms. The summed E-state index contributed by atoms with van der Waals surface area (Å²) in [4.78, 5) is 26.8. The van der Waals surface area contributed by atoms with Gasteiger partial charge in [-0.05, 0) is 57.0 Å². The number of aromatic nitrogens is 4. The zero-order valence-electron chi connectivity index (χ0n) is 19.3. The second-order valence-electron chi connectivity index (χ2n) is 8.82. The van der Waals surface area contributed by atoms with E-state index in [9.17, 15) is 10.1 Å². The maximum atomic E-state index is 12.9. The van der Waals surface area contributed by atoms with E-state index >= 15 is 0 Å². The van der Waals surface area contributed by atoms with Gasteiger partial charge in [0.15, 0.2) is 0 Å². The van der Waals surface area contributed by atoms with Gasteiger partial charge in [0.05, 0.1) is 53.6 Å². The van der Waals surface area contributed by atoms with Crippen molar-refractivity contribution in [3.63, 3.8) is 0 Å². The first-order chi connectivity index (χ1) is 16.5. The minimum atomic E-state index is -0.116. The van der Waals surface area contributed by atoms with Gasteiger partial charge in [0.2, 0.25) is 5.91 Å². The number of imidazole rings is 1. The first-order valence-electron chi connectivity index (χ1n) is 11.5. The number of hydrogen-bond acceptors (Lipinski definition) is 6. The lowest BCUT2D eigenvalue weighted by Crippen LogP contribution is -2.29. The van der Waals surface area contributed by atoms with Crippen LogP contribution in [0.5, 0.6) is 0 Å². The number of carbonyl (C=O) groups excluding carboxylic acids is 1. The van der Waals surface area contributed by atoms with Crippen LogP contribution >= 0.6 is 0 Å². The molecule has 0 aliphatic carbocycles. The summed E-state index contributed by atoms with van der Waals surface area (Å²) in [6, 6.07) is 13.6. The number of nitrogens with zero attached hydrogens (tertiary/aromatic N) is 5. The molecule has 1 fully saturated rings. The third kappa shape index (κ3) is 4.35. The van der Waals surface area contributed by atoms with Crippen molar-refractivity contribution in [2.75, 3.05) is 6.61 Å². The number of amides is 1. The Kier molecular flexibility index (Phi) is 5.95. The number of carbonyl (C=O) groups is 1. The third-order valence-corrected chi connectivity index (χ3v) is 6.27. The fourth-order valence-corrected chi connectivity index (χ4v) is 4.71. The molecule has 172 valence electrons. The highest BCUT2D eigenvalue weighted by Crippen LogP contribution is 2.34. The molecule has 1 N–H and O–H groups in total. The summed E-state index contributed by atoms with van der Waals surface area (Å²) < 4.78 is 7.97. The largest absolute Gasteiger partial charge is 0.378 e. The summed E-state index contributed by atoms with van der Waals surface area (Å²) in [5, 5.41) is 13.3. The van der Waals surface area contributed by atoms with Gasteiger partial charge in [-0.25, -0.2) is 4.98 Å². The Morgan fingerprint density at radius 1 is 1.26 bits per heavy atom. The van der Waals surface area contributed by atoms with E-state index in [2.05, 4.69) is 32.8 Å². The van der Waals surface area contributed by atoms with Crippen molar-refractivity contribution in [1.29, 1.82) is 5.26 Å². The predicted molar refractivity (Wildman–Crippen MR) is 128 cm³/mol. The predicted octanol–water partition coefficient (Wildman–Crippen LogP) is 3.76. The van der Waals surface area contributed by atoms with Crippen LogP contribution in [0.2, 0.25) is 0 Å². The lowest BCUT2D eigenvalue weighted by atomic mass is 10.0. The van der Waals surface area contributed by atoms with Crippen LogP contribution in [0.15, 0.2) is 42.6 Å². The van der Waals surface area contributed by atoms with Gasteiger partial charge in [-0.1, -0.05) is 6.07 Å². The highest BCUT2D eigenvalue weighted by molar-refractivity contribution is 6.03. The van der Waals surface area contributed by atoms with Gasteiger partial charge in [-0.3, -0.25) is 14.8 Å². The van der Waals surface area contributed by atoms with Crippen LogP contribution in [0.25, 0.3) is 21.9 Å². The summed E-state index contributed by atoms with van der Waals surface area (Å²) >= 11 is 0. The van der Waals surface area contributed by atoms with Crippen LogP contribution in [0.1, 0.15) is 48.6 Å². The molecular weight excluding hydrogens is 428 g/mol. The van der Waals surface area contributed by atoms with Gasteiger partial charge < -0.3 is 14.6 Å². The van der Waals surface area contributed by atoms with Crippen molar-refractivity contribution >= 4 is 27.8 Å². The van der Waals surface area contributed by atoms with E-state index in [1.807, 2.05) is 37.3 Å². The van der Waals surface area contributed by atoms with E-state index in [0.717, 1.165) is 46.2 Å². The third-order valence-electron chi connectivity index (χ3n) is 6.27. The number of pyridine rings is 2. The fraction of sp³-hybridized carbons (Fsp3) is 0.346. The summed E-state index contributed by atoms with van der Waals surface area (Å²) in [7, 11) is 0. The zero-order chi connectivity index (χ0) is 23.7. The Bertz CT molecular complexity index is 1420. The number of benzene rings is 1. The van der Waals surface area contributed by atoms with Gasteiger partial charge >= 0.3 is 0 Å². The number of ether oxygens (including phenoxy) is 1. The second kappa shape index (κ2) is 9.20. The van der Waals surface area contributed by atoms with Gasteiger partial charge in [0, 0.05) is 23.7 Å². The number of rotatable bonds is 5. The smallest absolute Gasteiger partial charge is 0.227 e. The molecule has 1 aliphatic rings. The van der Waals surface area contributed by atoms with E-state index in [1.54, 1.807) is 12.3 Å². The number of nitrogens with one attached hydrogen (secondary N) is 1. The van der Waals surface area contributed by atoms with Crippen LogP contribution < -0.4 is 5.32 Å². The van der Waals surface area contributed by atoms with Crippen molar-refractivity contribution in [2.24, 2.45) is 0 Å². The van der Waals surface area contributed by atoms with Gasteiger partial charge in [-0.2, -0.15) is 5.26 Å². The number of nitriles is 1. The fourth-order valence-electron chi connectivity index (χ4n) is 4.71. The Labute approximate surface area is 197 Å². The molecule has 3 aromatic heterocycles. The first-order valence-corrected chi connectivity index (χ1v) is 11.5. The Morgan fingerprint density at radius 2 is 2.15 bits per heavy atom. The van der Waals surface area contributed by atoms with E-state index in [-0.39, 0.29) is 24.5 Å². The minimum absolute atomic E-state index is 0.116. The summed E-state index contributed by atoms with van der Waals surface area (Å²) in [6.07, 6.45) is 3.68. The molecule has 8 nitrogen and oxygen atoms in total. The molecule has 1 aromatic carbocycles. The molecule has 5 rings (SSSR count). The highest BCUT2D eigenvalue weighted by atomic mass is 16.5. The summed E-state index contributed by atoms with van der Waals surface area (Å²) in [6.45, 7) is 5.02. The molecule has 1 amide bonds. The molecule has 4 heterocycles. The lowest BCUT2D eigenvalue weighted by Gasteiger charge is -2.30. The normalized spacial score (nSPS) is 18.1. The molecule has 0 saturated carbocycles. The molecule has 34 heavy (non-hydrogen) atoms. The Morgan fingerprint density at radius 3 is 2.94 bits per heavy atom. The monoisotopic (exact) mass is 454 g/mol. The van der Waals surface area contributed by atoms with Crippen molar-refractivity contribution in [2.45, 2.75) is 51.8 Å². The molecule has 1 saturated heterocycles. The number of hydrogen-bond donors (Lipinski definition) is 1. The van der Waals surface area contributed by atoms with Gasteiger partial charge in [-0.15, -0.1) is 0 Å².